The van der Waals surface area contributed by atoms with Crippen LogP contribution in [0.4, 0.5) is 8.78 Å². The van der Waals surface area contributed by atoms with Gasteiger partial charge in [0, 0.05) is 61.5 Å². The van der Waals surface area contributed by atoms with Crippen molar-refractivity contribution >= 4 is 23.7 Å². The average Bonchev–Trinajstić information content (AvgIpc) is 3.44. The largest absolute Gasteiger partial charge is 0.481 e. The first-order valence-corrected chi connectivity index (χ1v) is 16.2. The van der Waals surface area contributed by atoms with Crippen molar-refractivity contribution in [2.75, 3.05) is 19.7 Å². The van der Waals surface area contributed by atoms with E-state index in [1.54, 1.807) is 19.2 Å². The molecule has 1 aromatic heterocycles. The Morgan fingerprint density at radius 3 is 2.33 bits per heavy atom. The van der Waals surface area contributed by atoms with Crippen molar-refractivity contribution in [2.45, 2.75) is 78.0 Å². The molecule has 266 valence electrons. The molecule has 13 heteroatoms. The normalized spacial score (nSPS) is 13.3. The number of nitrogens with one attached hydrogen (secondary N) is 2. The summed E-state index contributed by atoms with van der Waals surface area (Å²) in [5, 5.41) is 24.1. The van der Waals surface area contributed by atoms with Crippen LogP contribution in [-0.4, -0.2) is 75.2 Å². The maximum atomic E-state index is 15.0. The molecule has 0 aliphatic heterocycles. The van der Waals surface area contributed by atoms with Crippen LogP contribution in [0.25, 0.3) is 11.1 Å². The highest BCUT2D eigenvalue weighted by atomic mass is 19.1. The third-order valence-electron chi connectivity index (χ3n) is 8.10. The molecule has 0 aliphatic rings. The predicted octanol–water partition coefficient (Wildman–Crippen LogP) is 3.98. The topological polar surface area (TPSA) is 167 Å². The fourth-order valence-corrected chi connectivity index (χ4v) is 5.70. The van der Waals surface area contributed by atoms with Gasteiger partial charge in [0.05, 0.1) is 12.1 Å². The molecule has 3 amide bonds. The van der Waals surface area contributed by atoms with Crippen molar-refractivity contribution in [3.63, 3.8) is 0 Å². The number of halogens is 2. The van der Waals surface area contributed by atoms with Crippen LogP contribution < -0.4 is 16.4 Å². The molecule has 11 nitrogen and oxygen atoms in total. The van der Waals surface area contributed by atoms with E-state index < -0.39 is 53.5 Å². The lowest BCUT2D eigenvalue weighted by atomic mass is 9.82. The minimum atomic E-state index is -1.06. The number of rotatable bonds is 17. The molecule has 0 aliphatic carbocycles. The first-order valence-electron chi connectivity index (χ1n) is 16.2. The van der Waals surface area contributed by atoms with Gasteiger partial charge in [0.25, 0.3) is 0 Å². The Morgan fingerprint density at radius 1 is 1.00 bits per heavy atom. The number of carboxylic acid groups (broad SMARTS) is 1. The van der Waals surface area contributed by atoms with Crippen LogP contribution in [0.15, 0.2) is 60.8 Å². The molecule has 0 fully saturated rings. The number of nitrogens with zero attached hydrogens (tertiary/aromatic N) is 2. The zero-order valence-corrected chi connectivity index (χ0v) is 28.4. The lowest BCUT2D eigenvalue weighted by Crippen LogP contribution is -2.48. The van der Waals surface area contributed by atoms with Crippen molar-refractivity contribution in [3.05, 3.63) is 83.7 Å². The second-order valence-corrected chi connectivity index (χ2v) is 13.2. The second-order valence-electron chi connectivity index (χ2n) is 13.2. The summed E-state index contributed by atoms with van der Waals surface area (Å²) in [7, 11) is 0. The Kier molecular flexibility index (Phi) is 14.0. The van der Waals surface area contributed by atoms with Gasteiger partial charge >= 0.3 is 5.97 Å². The fourth-order valence-electron chi connectivity index (χ4n) is 5.70. The lowest BCUT2D eigenvalue weighted by molar-refractivity contribution is -0.140. The molecule has 1 heterocycles. The van der Waals surface area contributed by atoms with E-state index in [0.717, 1.165) is 23.8 Å². The monoisotopic (exact) mass is 683 g/mol. The summed E-state index contributed by atoms with van der Waals surface area (Å²) in [6, 6.07) is 12.4. The summed E-state index contributed by atoms with van der Waals surface area (Å²) in [4.78, 5) is 50.6. The number of hydrogen-bond donors (Lipinski definition) is 5. The highest BCUT2D eigenvalue weighted by Crippen LogP contribution is 2.41. The van der Waals surface area contributed by atoms with E-state index >= 15 is 0 Å². The number of aromatic nitrogens is 1. The number of aliphatic hydroxyl groups excluding tert-OH is 1. The minimum absolute atomic E-state index is 0.000334. The first-order chi connectivity index (χ1) is 23.1. The number of carboxylic acids is 1. The third kappa shape index (κ3) is 11.5. The molecule has 49 heavy (non-hydrogen) atoms. The van der Waals surface area contributed by atoms with Gasteiger partial charge in [-0.2, -0.15) is 0 Å². The number of nitrogens with two attached hydrogens (primary N) is 1. The van der Waals surface area contributed by atoms with Gasteiger partial charge < -0.3 is 36.0 Å². The van der Waals surface area contributed by atoms with Crippen LogP contribution in [-0.2, 0) is 25.7 Å². The fraction of sp³-hybridized carbons (Fsp3) is 0.444. The summed E-state index contributed by atoms with van der Waals surface area (Å²) < 4.78 is 31.1. The van der Waals surface area contributed by atoms with Gasteiger partial charge in [-0.25, -0.2) is 8.78 Å². The summed E-state index contributed by atoms with van der Waals surface area (Å²) >= 11 is 0. The first kappa shape index (κ1) is 38.8. The van der Waals surface area contributed by atoms with E-state index in [9.17, 15) is 33.1 Å². The van der Waals surface area contributed by atoms with Gasteiger partial charge in [0.1, 0.15) is 18.2 Å². The third-order valence-corrected chi connectivity index (χ3v) is 8.10. The molecule has 6 N–H and O–H groups in total. The Bertz CT molecular complexity index is 1590. The summed E-state index contributed by atoms with van der Waals surface area (Å²) in [5.41, 5.74) is 7.58. The van der Waals surface area contributed by atoms with E-state index in [4.69, 9.17) is 10.8 Å². The molecular weight excluding hydrogens is 636 g/mol. The zero-order chi connectivity index (χ0) is 36.3. The minimum Gasteiger partial charge on any atom is -0.481 e. The van der Waals surface area contributed by atoms with Crippen molar-refractivity contribution in [1.29, 1.82) is 0 Å². The van der Waals surface area contributed by atoms with E-state index in [1.807, 2.05) is 55.7 Å². The van der Waals surface area contributed by atoms with Crippen LogP contribution in [0.2, 0.25) is 0 Å². The molecule has 0 saturated heterocycles. The van der Waals surface area contributed by atoms with Crippen molar-refractivity contribution in [2.24, 2.45) is 11.1 Å². The summed E-state index contributed by atoms with van der Waals surface area (Å²) in [6.45, 7) is 6.97. The predicted molar refractivity (Wildman–Crippen MR) is 181 cm³/mol. The number of aliphatic hydroxyl groups is 1. The maximum absolute atomic E-state index is 15.0. The Morgan fingerprint density at radius 2 is 1.69 bits per heavy atom. The molecule has 0 bridgehead atoms. The molecule has 3 atom stereocenters. The SMILES string of the molecule is C[C@@H](CCC(=O)O)NC(=O)CCNC(=O)C(N)CCN(C(=O)CO)C(c1cc(-c2cc(F)ccc2F)cn1Cc1ccccc1)C(C)(C)C. The maximum Gasteiger partial charge on any atom is 0.303 e. The quantitative estimate of drug-likeness (QED) is 0.144. The van der Waals surface area contributed by atoms with Crippen LogP contribution in [0.1, 0.15) is 70.7 Å². The molecule has 0 saturated carbocycles. The number of benzene rings is 2. The van der Waals surface area contributed by atoms with Gasteiger partial charge in [-0.05, 0) is 55.0 Å². The van der Waals surface area contributed by atoms with E-state index in [-0.39, 0.29) is 56.3 Å². The highest BCUT2D eigenvalue weighted by Gasteiger charge is 2.37. The molecule has 0 radical (unpaired) electrons. The Hall–Kier alpha value is -4.62. The van der Waals surface area contributed by atoms with Crippen LogP contribution in [0, 0.1) is 17.0 Å². The van der Waals surface area contributed by atoms with E-state index in [2.05, 4.69) is 10.6 Å². The molecule has 3 aromatic rings. The lowest BCUT2D eigenvalue weighted by Gasteiger charge is -2.41. The van der Waals surface area contributed by atoms with Crippen LogP contribution in [0.3, 0.4) is 0 Å². The van der Waals surface area contributed by atoms with Crippen LogP contribution >= 0.6 is 0 Å². The van der Waals surface area contributed by atoms with Gasteiger partial charge in [-0.3, -0.25) is 19.2 Å². The number of hydrogen-bond acceptors (Lipinski definition) is 6. The molecular formula is C36H47F2N5O6. The van der Waals surface area contributed by atoms with Gasteiger partial charge in [-0.15, -0.1) is 0 Å². The van der Waals surface area contributed by atoms with Gasteiger partial charge in [-0.1, -0.05) is 51.1 Å². The van der Waals surface area contributed by atoms with Gasteiger partial charge in [0.15, 0.2) is 0 Å². The van der Waals surface area contributed by atoms with E-state index in [0.29, 0.717) is 17.8 Å². The Balaban J connectivity index is 1.83. The van der Waals surface area contributed by atoms with Crippen molar-refractivity contribution in [3.8, 4) is 11.1 Å². The molecule has 2 unspecified atom stereocenters. The number of carbonyl (C=O) groups is 4. The number of carbonyl (C=O) groups excluding carboxylic acids is 3. The van der Waals surface area contributed by atoms with Crippen molar-refractivity contribution < 1.29 is 38.2 Å². The smallest absolute Gasteiger partial charge is 0.303 e. The number of aliphatic carboxylic acids is 1. The second kappa shape index (κ2) is 17.7. The van der Waals surface area contributed by atoms with Crippen LogP contribution in [0.5, 0.6) is 0 Å². The zero-order valence-electron chi connectivity index (χ0n) is 28.4. The summed E-state index contributed by atoms with van der Waals surface area (Å²) in [5.74, 6) is -3.66. The molecule has 0 spiro atoms. The summed E-state index contributed by atoms with van der Waals surface area (Å²) in [6.07, 6.45) is 1.89. The molecule has 2 aromatic carbocycles. The standard InChI is InChI=1S/C36H47F2N5O6/c1-23(10-13-33(47)48)41-31(45)14-16-40-35(49)29(39)15-17-43(32(46)22-44)34(36(2,3)4)30-18-25(27-19-26(37)11-12-28(27)38)21-42(30)20-24-8-6-5-7-9-24/h5-9,11-12,18-19,21,23,29,34,44H,10,13-17,20,22,39H2,1-4H3,(H,40,49)(H,41,45)(H,47,48)/t23-,29?,34?/m0/s1. The Labute approximate surface area is 285 Å². The van der Waals surface area contributed by atoms with E-state index in [1.165, 1.54) is 4.90 Å². The van der Waals surface area contributed by atoms with Crippen molar-refractivity contribution in [1.82, 2.24) is 20.1 Å². The average molecular weight is 684 g/mol. The van der Waals surface area contributed by atoms with Gasteiger partial charge in [0.2, 0.25) is 17.7 Å². The highest BCUT2D eigenvalue weighted by molar-refractivity contribution is 5.83. The molecule has 3 rings (SSSR count). The number of amides is 3.